The summed E-state index contributed by atoms with van der Waals surface area (Å²) < 4.78 is 0. The van der Waals surface area contributed by atoms with E-state index in [2.05, 4.69) is 15.3 Å². The molecule has 0 bridgehead atoms. The van der Waals surface area contributed by atoms with Crippen molar-refractivity contribution in [2.24, 2.45) is 0 Å². The lowest BCUT2D eigenvalue weighted by Crippen LogP contribution is -2.16. The Morgan fingerprint density at radius 3 is 2.70 bits per heavy atom. The number of hydrogen-bond acceptors (Lipinski definition) is 5. The second-order valence-electron chi connectivity index (χ2n) is 4.54. The van der Waals surface area contributed by atoms with Crippen LogP contribution in [0.15, 0.2) is 30.6 Å². The normalized spacial score (nSPS) is 10.5. The van der Waals surface area contributed by atoms with E-state index < -0.39 is 0 Å². The standard InChI is InChI=1S/C14H16N4O2/c1-10-7-17-13(11(2)14(10)18(19)20)9-15-8-12-5-3-4-6-16-12/h3-7,15H,8-9H2,1-2H3. The van der Waals surface area contributed by atoms with Gasteiger partial charge in [-0.15, -0.1) is 0 Å². The summed E-state index contributed by atoms with van der Waals surface area (Å²) in [5.74, 6) is 0. The monoisotopic (exact) mass is 272 g/mol. The minimum Gasteiger partial charge on any atom is -0.305 e. The third-order valence-corrected chi connectivity index (χ3v) is 3.08. The molecule has 0 radical (unpaired) electrons. The van der Waals surface area contributed by atoms with Crippen molar-refractivity contribution >= 4 is 5.69 Å². The lowest BCUT2D eigenvalue weighted by molar-refractivity contribution is -0.386. The number of nitrogens with zero attached hydrogens (tertiary/aromatic N) is 3. The molecule has 0 atom stereocenters. The lowest BCUT2D eigenvalue weighted by Gasteiger charge is -2.08. The van der Waals surface area contributed by atoms with Gasteiger partial charge in [0, 0.05) is 36.6 Å². The highest BCUT2D eigenvalue weighted by Crippen LogP contribution is 2.23. The van der Waals surface area contributed by atoms with Gasteiger partial charge in [-0.1, -0.05) is 6.07 Å². The van der Waals surface area contributed by atoms with Gasteiger partial charge in [-0.25, -0.2) is 0 Å². The second kappa shape index (κ2) is 6.21. The van der Waals surface area contributed by atoms with Gasteiger partial charge in [-0.05, 0) is 26.0 Å². The van der Waals surface area contributed by atoms with Gasteiger partial charge in [-0.3, -0.25) is 20.1 Å². The van der Waals surface area contributed by atoms with E-state index in [1.807, 2.05) is 18.2 Å². The van der Waals surface area contributed by atoms with E-state index in [0.717, 1.165) is 5.69 Å². The molecule has 0 aliphatic heterocycles. The van der Waals surface area contributed by atoms with Crippen LogP contribution in [0.1, 0.15) is 22.5 Å². The van der Waals surface area contributed by atoms with Crippen molar-refractivity contribution in [3.8, 4) is 0 Å². The van der Waals surface area contributed by atoms with E-state index in [-0.39, 0.29) is 10.6 Å². The van der Waals surface area contributed by atoms with Crippen LogP contribution in [0.5, 0.6) is 0 Å². The molecule has 2 heterocycles. The van der Waals surface area contributed by atoms with E-state index in [0.29, 0.717) is 29.9 Å². The smallest absolute Gasteiger partial charge is 0.278 e. The fourth-order valence-corrected chi connectivity index (χ4v) is 2.04. The third-order valence-electron chi connectivity index (χ3n) is 3.08. The zero-order valence-electron chi connectivity index (χ0n) is 11.5. The Balaban J connectivity index is 2.07. The molecule has 20 heavy (non-hydrogen) atoms. The lowest BCUT2D eigenvalue weighted by atomic mass is 10.1. The number of pyridine rings is 2. The molecule has 1 N–H and O–H groups in total. The van der Waals surface area contributed by atoms with Crippen molar-refractivity contribution in [2.75, 3.05) is 0 Å². The predicted octanol–water partition coefficient (Wildman–Crippen LogP) is 2.29. The SMILES string of the molecule is Cc1cnc(CNCc2ccccn2)c(C)c1[N+](=O)[O-]. The molecule has 0 aliphatic rings. The minimum absolute atomic E-state index is 0.148. The van der Waals surface area contributed by atoms with E-state index in [1.54, 1.807) is 26.2 Å². The number of aromatic nitrogens is 2. The maximum atomic E-state index is 11.0. The molecule has 0 saturated heterocycles. The minimum atomic E-state index is -0.353. The number of nitrogens with one attached hydrogen (secondary N) is 1. The van der Waals surface area contributed by atoms with Crippen molar-refractivity contribution in [1.82, 2.24) is 15.3 Å². The molecule has 2 aromatic rings. The molecule has 2 aromatic heterocycles. The van der Waals surface area contributed by atoms with Gasteiger partial charge in [0.05, 0.1) is 16.3 Å². The quantitative estimate of drug-likeness (QED) is 0.667. The van der Waals surface area contributed by atoms with Gasteiger partial charge >= 0.3 is 0 Å². The number of hydrogen-bond donors (Lipinski definition) is 1. The molecule has 0 fully saturated rings. The fraction of sp³-hybridized carbons (Fsp3) is 0.286. The zero-order chi connectivity index (χ0) is 14.5. The average molecular weight is 272 g/mol. The van der Waals surface area contributed by atoms with Crippen molar-refractivity contribution in [3.63, 3.8) is 0 Å². The van der Waals surface area contributed by atoms with Gasteiger partial charge in [0.2, 0.25) is 0 Å². The van der Waals surface area contributed by atoms with Crippen LogP contribution >= 0.6 is 0 Å². The van der Waals surface area contributed by atoms with Crippen LogP contribution in [0.2, 0.25) is 0 Å². The molecular formula is C14H16N4O2. The fourth-order valence-electron chi connectivity index (χ4n) is 2.04. The molecule has 0 aromatic carbocycles. The Morgan fingerprint density at radius 1 is 1.25 bits per heavy atom. The predicted molar refractivity (Wildman–Crippen MR) is 75.1 cm³/mol. The van der Waals surface area contributed by atoms with Gasteiger partial charge in [0.15, 0.2) is 0 Å². The Labute approximate surface area is 117 Å². The highest BCUT2D eigenvalue weighted by atomic mass is 16.6. The number of rotatable bonds is 5. The first-order chi connectivity index (χ1) is 9.59. The van der Waals surface area contributed by atoms with E-state index >= 15 is 0 Å². The number of aryl methyl sites for hydroxylation is 1. The molecule has 6 nitrogen and oxygen atoms in total. The van der Waals surface area contributed by atoms with Gasteiger partial charge in [0.1, 0.15) is 0 Å². The summed E-state index contributed by atoms with van der Waals surface area (Å²) in [5, 5.41) is 14.2. The van der Waals surface area contributed by atoms with Crippen LogP contribution < -0.4 is 5.32 Å². The Hall–Kier alpha value is -2.34. The average Bonchev–Trinajstić information content (AvgIpc) is 2.42. The second-order valence-corrected chi connectivity index (χ2v) is 4.54. The number of nitro groups is 1. The van der Waals surface area contributed by atoms with Crippen molar-refractivity contribution < 1.29 is 4.92 Å². The summed E-state index contributed by atoms with van der Waals surface area (Å²) in [6, 6.07) is 5.70. The Morgan fingerprint density at radius 2 is 2.05 bits per heavy atom. The van der Waals surface area contributed by atoms with Crippen LogP contribution in [0.4, 0.5) is 5.69 Å². The zero-order valence-corrected chi connectivity index (χ0v) is 11.5. The van der Waals surface area contributed by atoms with Gasteiger partial charge in [-0.2, -0.15) is 0 Å². The first-order valence-electron chi connectivity index (χ1n) is 6.29. The topological polar surface area (TPSA) is 81.0 Å². The molecule has 2 rings (SSSR count). The van der Waals surface area contributed by atoms with Crippen molar-refractivity contribution in [2.45, 2.75) is 26.9 Å². The molecule has 104 valence electrons. The largest absolute Gasteiger partial charge is 0.305 e. The summed E-state index contributed by atoms with van der Waals surface area (Å²) >= 11 is 0. The molecule has 0 unspecified atom stereocenters. The van der Waals surface area contributed by atoms with E-state index in [9.17, 15) is 10.1 Å². The molecule has 0 amide bonds. The summed E-state index contributed by atoms with van der Waals surface area (Å²) in [6.07, 6.45) is 3.28. The first kappa shape index (κ1) is 14.1. The van der Waals surface area contributed by atoms with Crippen molar-refractivity contribution in [1.29, 1.82) is 0 Å². The maximum Gasteiger partial charge on any atom is 0.278 e. The van der Waals surface area contributed by atoms with Crippen LogP contribution in [0, 0.1) is 24.0 Å². The van der Waals surface area contributed by atoms with Crippen LogP contribution in [-0.4, -0.2) is 14.9 Å². The summed E-state index contributed by atoms with van der Waals surface area (Å²) in [6.45, 7) is 4.51. The van der Waals surface area contributed by atoms with Gasteiger partial charge in [0.25, 0.3) is 5.69 Å². The van der Waals surface area contributed by atoms with E-state index in [1.165, 1.54) is 0 Å². The first-order valence-corrected chi connectivity index (χ1v) is 6.29. The molecule has 0 saturated carbocycles. The van der Waals surface area contributed by atoms with E-state index in [4.69, 9.17) is 0 Å². The summed E-state index contributed by atoms with van der Waals surface area (Å²) in [7, 11) is 0. The molecule has 0 aliphatic carbocycles. The van der Waals surface area contributed by atoms with Crippen LogP contribution in [-0.2, 0) is 13.1 Å². The Bertz CT molecular complexity index is 614. The summed E-state index contributed by atoms with van der Waals surface area (Å²) in [4.78, 5) is 19.2. The van der Waals surface area contributed by atoms with Crippen LogP contribution in [0.3, 0.4) is 0 Å². The van der Waals surface area contributed by atoms with Crippen molar-refractivity contribution in [3.05, 3.63) is 63.2 Å². The highest BCUT2D eigenvalue weighted by molar-refractivity contribution is 5.47. The summed E-state index contributed by atoms with van der Waals surface area (Å²) in [5.41, 5.74) is 2.96. The Kier molecular flexibility index (Phi) is 4.37. The maximum absolute atomic E-state index is 11.0. The van der Waals surface area contributed by atoms with Gasteiger partial charge < -0.3 is 5.32 Å². The van der Waals surface area contributed by atoms with Crippen LogP contribution in [0.25, 0.3) is 0 Å². The third kappa shape index (κ3) is 3.16. The highest BCUT2D eigenvalue weighted by Gasteiger charge is 2.18. The molecule has 0 spiro atoms. The molecule has 6 heteroatoms. The molecular weight excluding hydrogens is 256 g/mol.